The van der Waals surface area contributed by atoms with Crippen LogP contribution in [-0.4, -0.2) is 24.8 Å². The van der Waals surface area contributed by atoms with Gasteiger partial charge in [0.05, 0.1) is 0 Å². The van der Waals surface area contributed by atoms with Crippen LogP contribution >= 0.6 is 0 Å². The van der Waals surface area contributed by atoms with Crippen LogP contribution in [0.3, 0.4) is 0 Å². The third-order valence-electron chi connectivity index (χ3n) is 3.85. The van der Waals surface area contributed by atoms with Gasteiger partial charge in [-0.05, 0) is 57.9 Å². The van der Waals surface area contributed by atoms with Gasteiger partial charge in [0.25, 0.3) is 0 Å². The molecule has 1 aliphatic carbocycles. The molecule has 0 aromatic heterocycles. The van der Waals surface area contributed by atoms with Gasteiger partial charge in [0.2, 0.25) is 5.91 Å². The minimum atomic E-state index is 0.151. The Morgan fingerprint density at radius 1 is 1.17 bits per heavy atom. The van der Waals surface area contributed by atoms with E-state index in [9.17, 15) is 9.59 Å². The number of rotatable bonds is 7. The summed E-state index contributed by atoms with van der Waals surface area (Å²) in [5, 5.41) is 2.94. The van der Waals surface area contributed by atoms with Crippen LogP contribution in [0.1, 0.15) is 51.9 Å². The van der Waals surface area contributed by atoms with Crippen molar-refractivity contribution in [1.29, 1.82) is 0 Å². The number of nitrogens with two attached hydrogens (primary N) is 1. The third kappa shape index (κ3) is 5.63. The highest BCUT2D eigenvalue weighted by Gasteiger charge is 2.25. The van der Waals surface area contributed by atoms with Crippen molar-refractivity contribution >= 4 is 11.7 Å². The summed E-state index contributed by atoms with van der Waals surface area (Å²) in [5.41, 5.74) is 5.39. The number of carbonyl (C=O) groups excluding carboxylic acids is 2. The van der Waals surface area contributed by atoms with E-state index in [0.29, 0.717) is 24.7 Å². The fraction of sp³-hybridized carbons (Fsp3) is 0.857. The molecule has 1 rings (SSSR count). The minimum Gasteiger partial charge on any atom is -0.356 e. The first-order chi connectivity index (χ1) is 8.63. The number of carbonyl (C=O) groups is 2. The van der Waals surface area contributed by atoms with Crippen molar-refractivity contribution in [2.75, 3.05) is 13.1 Å². The predicted octanol–water partition coefficient (Wildman–Crippen LogP) is 1.63. The molecular formula is C14H26N2O2. The average molecular weight is 254 g/mol. The van der Waals surface area contributed by atoms with Gasteiger partial charge in [0.15, 0.2) is 0 Å². The maximum absolute atomic E-state index is 11.7. The fourth-order valence-corrected chi connectivity index (χ4v) is 2.60. The van der Waals surface area contributed by atoms with E-state index in [1.807, 2.05) is 0 Å². The van der Waals surface area contributed by atoms with Crippen LogP contribution < -0.4 is 11.1 Å². The summed E-state index contributed by atoms with van der Waals surface area (Å²) < 4.78 is 0. The van der Waals surface area contributed by atoms with Crippen LogP contribution in [0.4, 0.5) is 0 Å². The van der Waals surface area contributed by atoms with E-state index < -0.39 is 0 Å². The Kier molecular flexibility index (Phi) is 6.94. The van der Waals surface area contributed by atoms with Gasteiger partial charge in [0.1, 0.15) is 5.78 Å². The lowest BCUT2D eigenvalue weighted by Gasteiger charge is -2.26. The van der Waals surface area contributed by atoms with Crippen LogP contribution in [0.5, 0.6) is 0 Å². The van der Waals surface area contributed by atoms with E-state index in [1.54, 1.807) is 6.92 Å². The number of ketones is 1. The summed E-state index contributed by atoms with van der Waals surface area (Å²) in [4.78, 5) is 22.9. The Balaban J connectivity index is 2.12. The number of hydrogen-bond acceptors (Lipinski definition) is 3. The van der Waals surface area contributed by atoms with Gasteiger partial charge < -0.3 is 11.1 Å². The molecule has 4 nitrogen and oxygen atoms in total. The number of hydrogen-bond donors (Lipinski definition) is 2. The molecule has 0 aliphatic heterocycles. The van der Waals surface area contributed by atoms with Gasteiger partial charge in [-0.1, -0.05) is 0 Å². The first-order valence-electron chi connectivity index (χ1n) is 7.10. The number of unbranched alkanes of at least 4 members (excludes halogenated alkanes) is 1. The number of amides is 1. The van der Waals surface area contributed by atoms with Gasteiger partial charge in [0, 0.05) is 18.9 Å². The summed E-state index contributed by atoms with van der Waals surface area (Å²) in [6.45, 7) is 3.10. The first-order valence-corrected chi connectivity index (χ1v) is 7.10. The van der Waals surface area contributed by atoms with Crippen molar-refractivity contribution in [2.45, 2.75) is 51.9 Å². The molecule has 0 saturated heterocycles. The molecule has 1 fully saturated rings. The lowest BCUT2D eigenvalue weighted by atomic mass is 9.79. The number of nitrogens with one attached hydrogen (secondary N) is 1. The van der Waals surface area contributed by atoms with Crippen LogP contribution in [0, 0.1) is 11.8 Å². The molecule has 3 N–H and O–H groups in total. The van der Waals surface area contributed by atoms with Crippen LogP contribution in [0.25, 0.3) is 0 Å². The molecule has 1 aliphatic rings. The third-order valence-corrected chi connectivity index (χ3v) is 3.85. The Morgan fingerprint density at radius 2 is 1.83 bits per heavy atom. The zero-order valence-corrected chi connectivity index (χ0v) is 11.4. The summed E-state index contributed by atoms with van der Waals surface area (Å²) >= 11 is 0. The second-order valence-corrected chi connectivity index (χ2v) is 5.38. The molecular weight excluding hydrogens is 228 g/mol. The molecule has 18 heavy (non-hydrogen) atoms. The lowest BCUT2D eigenvalue weighted by molar-refractivity contribution is -0.123. The van der Waals surface area contributed by atoms with E-state index in [4.69, 9.17) is 5.73 Å². The highest BCUT2D eigenvalue weighted by atomic mass is 16.1. The molecule has 0 atom stereocenters. The molecule has 0 bridgehead atoms. The largest absolute Gasteiger partial charge is 0.356 e. The van der Waals surface area contributed by atoms with Crippen molar-refractivity contribution in [1.82, 2.24) is 5.32 Å². The second-order valence-electron chi connectivity index (χ2n) is 5.38. The van der Waals surface area contributed by atoms with E-state index in [2.05, 4.69) is 5.32 Å². The van der Waals surface area contributed by atoms with Crippen molar-refractivity contribution < 1.29 is 9.59 Å². The lowest BCUT2D eigenvalue weighted by Crippen LogP contribution is -2.29. The van der Waals surface area contributed by atoms with Gasteiger partial charge in [-0.2, -0.15) is 0 Å². The zero-order chi connectivity index (χ0) is 13.4. The maximum Gasteiger partial charge on any atom is 0.220 e. The normalized spacial score (nSPS) is 23.7. The van der Waals surface area contributed by atoms with Crippen molar-refractivity contribution in [2.24, 2.45) is 17.6 Å². The van der Waals surface area contributed by atoms with E-state index in [-0.39, 0.29) is 11.8 Å². The van der Waals surface area contributed by atoms with Crippen LogP contribution in [0.15, 0.2) is 0 Å². The second kappa shape index (κ2) is 8.25. The monoisotopic (exact) mass is 254 g/mol. The van der Waals surface area contributed by atoms with Gasteiger partial charge >= 0.3 is 0 Å². The summed E-state index contributed by atoms with van der Waals surface area (Å²) in [5.74, 6) is 1.17. The molecule has 0 aromatic carbocycles. The predicted molar refractivity (Wildman–Crippen MR) is 72.0 cm³/mol. The molecule has 104 valence electrons. The zero-order valence-electron chi connectivity index (χ0n) is 11.4. The molecule has 0 aromatic rings. The standard InChI is InChI=1S/C14H26N2O2/c1-11(17)13-6-4-12(5-7-13)10-14(18)16-9-3-2-8-15/h12-13H,2-10,15H2,1H3,(H,16,18). The summed E-state index contributed by atoms with van der Waals surface area (Å²) in [6.07, 6.45) is 6.48. The van der Waals surface area contributed by atoms with E-state index in [1.165, 1.54) is 0 Å². The fourth-order valence-electron chi connectivity index (χ4n) is 2.60. The molecule has 0 spiro atoms. The van der Waals surface area contributed by atoms with Crippen LogP contribution in [0.2, 0.25) is 0 Å². The van der Waals surface area contributed by atoms with Crippen molar-refractivity contribution in [3.63, 3.8) is 0 Å². The van der Waals surface area contributed by atoms with Crippen LogP contribution in [-0.2, 0) is 9.59 Å². The smallest absolute Gasteiger partial charge is 0.220 e. The number of Topliss-reactive ketones (excluding diaryl/α,β-unsaturated/α-hetero) is 1. The highest BCUT2D eigenvalue weighted by Crippen LogP contribution is 2.31. The Labute approximate surface area is 110 Å². The minimum absolute atomic E-state index is 0.151. The first kappa shape index (κ1) is 15.2. The quantitative estimate of drug-likeness (QED) is 0.678. The van der Waals surface area contributed by atoms with Gasteiger partial charge in [-0.3, -0.25) is 9.59 Å². The molecule has 0 unspecified atom stereocenters. The SMILES string of the molecule is CC(=O)C1CCC(CC(=O)NCCCCN)CC1. The Morgan fingerprint density at radius 3 is 2.39 bits per heavy atom. The van der Waals surface area contributed by atoms with Gasteiger partial charge in [-0.15, -0.1) is 0 Å². The molecule has 1 saturated carbocycles. The molecule has 0 radical (unpaired) electrons. The topological polar surface area (TPSA) is 72.2 Å². The maximum atomic E-state index is 11.7. The van der Waals surface area contributed by atoms with E-state index >= 15 is 0 Å². The Bertz CT molecular complexity index is 271. The van der Waals surface area contributed by atoms with E-state index in [0.717, 1.165) is 45.1 Å². The molecule has 0 heterocycles. The summed E-state index contributed by atoms with van der Waals surface area (Å²) in [6, 6.07) is 0. The Hall–Kier alpha value is -0.900. The molecule has 1 amide bonds. The highest BCUT2D eigenvalue weighted by molar-refractivity contribution is 5.78. The molecule has 4 heteroatoms. The average Bonchev–Trinajstić information content (AvgIpc) is 2.35. The van der Waals surface area contributed by atoms with Crippen molar-refractivity contribution in [3.8, 4) is 0 Å². The van der Waals surface area contributed by atoms with Crippen molar-refractivity contribution in [3.05, 3.63) is 0 Å². The van der Waals surface area contributed by atoms with Gasteiger partial charge in [-0.25, -0.2) is 0 Å². The summed E-state index contributed by atoms with van der Waals surface area (Å²) in [7, 11) is 0.